The van der Waals surface area contributed by atoms with Gasteiger partial charge in [0, 0.05) is 6.20 Å². The lowest BCUT2D eigenvalue weighted by molar-refractivity contribution is -0.153. The van der Waals surface area contributed by atoms with Crippen molar-refractivity contribution in [3.8, 4) is 0 Å². The van der Waals surface area contributed by atoms with Gasteiger partial charge < -0.3 is 10.2 Å². The van der Waals surface area contributed by atoms with Crippen LogP contribution in [0.15, 0.2) is 24.4 Å². The van der Waals surface area contributed by atoms with Crippen LogP contribution in [0, 0.1) is 0 Å². The van der Waals surface area contributed by atoms with Gasteiger partial charge in [0.2, 0.25) is 0 Å². The average Bonchev–Trinajstić information content (AvgIpc) is 2.13. The number of hydrogen-bond acceptors (Lipinski definition) is 3. The first-order valence-corrected chi connectivity index (χ1v) is 4.48. The van der Waals surface area contributed by atoms with Gasteiger partial charge in [0.25, 0.3) is 0 Å². The molecule has 1 heterocycles. The van der Waals surface area contributed by atoms with E-state index >= 15 is 0 Å². The van der Waals surface area contributed by atoms with Crippen LogP contribution in [0.3, 0.4) is 0 Å². The Hall–Kier alpha value is -1.42. The highest BCUT2D eigenvalue weighted by Gasteiger charge is 2.52. The van der Waals surface area contributed by atoms with Crippen LogP contribution in [0.5, 0.6) is 0 Å². The molecular formula is C10H11NO3. The fourth-order valence-electron chi connectivity index (χ4n) is 1.88. The van der Waals surface area contributed by atoms with E-state index in [0.29, 0.717) is 5.69 Å². The van der Waals surface area contributed by atoms with E-state index in [1.165, 1.54) is 0 Å². The standard InChI is InChI=1S/C10H11NO3/c12-7-5-10(6-7,9(13)14)8-3-1-2-4-11-8/h1-4,7,12H,5-6H2,(H,13,14). The lowest BCUT2D eigenvalue weighted by atomic mass is 9.64. The Balaban J connectivity index is 2.34. The molecule has 0 radical (unpaired) electrons. The van der Waals surface area contributed by atoms with Crippen LogP contribution in [0.2, 0.25) is 0 Å². The van der Waals surface area contributed by atoms with E-state index in [4.69, 9.17) is 5.11 Å². The van der Waals surface area contributed by atoms with Crippen molar-refractivity contribution in [1.29, 1.82) is 0 Å². The van der Waals surface area contributed by atoms with E-state index in [1.807, 2.05) is 0 Å². The van der Waals surface area contributed by atoms with Crippen molar-refractivity contribution in [3.05, 3.63) is 30.1 Å². The summed E-state index contributed by atoms with van der Waals surface area (Å²) in [6.45, 7) is 0. The first-order valence-electron chi connectivity index (χ1n) is 4.48. The lowest BCUT2D eigenvalue weighted by Gasteiger charge is -2.40. The minimum Gasteiger partial charge on any atom is -0.481 e. The van der Waals surface area contributed by atoms with Crippen LogP contribution in [-0.2, 0) is 10.2 Å². The number of aliphatic hydroxyl groups is 1. The highest BCUT2D eigenvalue weighted by molar-refractivity contribution is 5.82. The van der Waals surface area contributed by atoms with Gasteiger partial charge in [0.1, 0.15) is 5.41 Å². The van der Waals surface area contributed by atoms with E-state index in [-0.39, 0.29) is 12.8 Å². The van der Waals surface area contributed by atoms with Gasteiger partial charge in [-0.25, -0.2) is 0 Å². The molecule has 1 saturated carbocycles. The molecule has 0 bridgehead atoms. The number of aromatic nitrogens is 1. The molecule has 0 amide bonds. The Morgan fingerprint density at radius 1 is 1.50 bits per heavy atom. The second kappa shape index (κ2) is 3.06. The molecule has 0 unspecified atom stereocenters. The van der Waals surface area contributed by atoms with E-state index in [2.05, 4.69) is 4.98 Å². The lowest BCUT2D eigenvalue weighted by Crippen LogP contribution is -2.51. The number of carbonyl (C=O) groups is 1. The molecule has 1 aromatic heterocycles. The summed E-state index contributed by atoms with van der Waals surface area (Å²) in [6.07, 6.45) is 1.59. The van der Waals surface area contributed by atoms with Crippen molar-refractivity contribution < 1.29 is 15.0 Å². The molecule has 1 aliphatic carbocycles. The quantitative estimate of drug-likeness (QED) is 0.720. The zero-order chi connectivity index (χ0) is 10.2. The van der Waals surface area contributed by atoms with Gasteiger partial charge in [-0.1, -0.05) is 6.07 Å². The molecule has 2 N–H and O–H groups in total. The number of rotatable bonds is 2. The van der Waals surface area contributed by atoms with Crippen molar-refractivity contribution in [3.63, 3.8) is 0 Å². The molecule has 0 atom stereocenters. The SMILES string of the molecule is O=C(O)C1(c2ccccn2)CC(O)C1. The Labute approximate surface area is 81.2 Å². The third-order valence-electron chi connectivity index (χ3n) is 2.73. The second-order valence-electron chi connectivity index (χ2n) is 3.66. The van der Waals surface area contributed by atoms with Gasteiger partial charge >= 0.3 is 5.97 Å². The van der Waals surface area contributed by atoms with Crippen molar-refractivity contribution >= 4 is 5.97 Å². The maximum Gasteiger partial charge on any atom is 0.315 e. The van der Waals surface area contributed by atoms with E-state index in [9.17, 15) is 9.90 Å². The third-order valence-corrected chi connectivity index (χ3v) is 2.73. The first-order chi connectivity index (χ1) is 6.65. The molecule has 0 saturated heterocycles. The van der Waals surface area contributed by atoms with Crippen molar-refractivity contribution in [2.24, 2.45) is 0 Å². The van der Waals surface area contributed by atoms with Crippen LogP contribution >= 0.6 is 0 Å². The summed E-state index contributed by atoms with van der Waals surface area (Å²) in [5.74, 6) is -0.901. The van der Waals surface area contributed by atoms with Gasteiger partial charge in [0.05, 0.1) is 11.8 Å². The van der Waals surface area contributed by atoms with Gasteiger partial charge in [0.15, 0.2) is 0 Å². The molecular weight excluding hydrogens is 182 g/mol. The van der Waals surface area contributed by atoms with Gasteiger partial charge in [-0.15, -0.1) is 0 Å². The molecule has 0 spiro atoms. The molecule has 4 nitrogen and oxygen atoms in total. The summed E-state index contributed by atoms with van der Waals surface area (Å²) in [5.41, 5.74) is -0.418. The number of aliphatic hydroxyl groups excluding tert-OH is 1. The van der Waals surface area contributed by atoms with Crippen LogP contribution in [0.4, 0.5) is 0 Å². The molecule has 74 valence electrons. The highest BCUT2D eigenvalue weighted by atomic mass is 16.4. The predicted molar refractivity (Wildman–Crippen MR) is 48.8 cm³/mol. The zero-order valence-electron chi connectivity index (χ0n) is 7.55. The fourth-order valence-corrected chi connectivity index (χ4v) is 1.88. The number of carboxylic acids is 1. The monoisotopic (exact) mass is 193 g/mol. The van der Waals surface area contributed by atoms with Gasteiger partial charge in [-0.05, 0) is 25.0 Å². The smallest absolute Gasteiger partial charge is 0.315 e. The maximum atomic E-state index is 11.1. The predicted octanol–water partition coefficient (Wildman–Crippen LogP) is 0.559. The third kappa shape index (κ3) is 1.19. The van der Waals surface area contributed by atoms with Crippen molar-refractivity contribution in [1.82, 2.24) is 4.98 Å². The number of nitrogens with zero attached hydrogens (tertiary/aromatic N) is 1. The minimum absolute atomic E-state index is 0.263. The molecule has 1 aromatic rings. The summed E-state index contributed by atoms with van der Waals surface area (Å²) in [5, 5.41) is 18.3. The molecule has 0 aliphatic heterocycles. The summed E-state index contributed by atoms with van der Waals surface area (Å²) in [7, 11) is 0. The Bertz CT molecular complexity index is 344. The number of carboxylic acid groups (broad SMARTS) is 1. The highest BCUT2D eigenvalue weighted by Crippen LogP contribution is 2.43. The van der Waals surface area contributed by atoms with E-state index in [0.717, 1.165) is 0 Å². The number of pyridine rings is 1. The minimum atomic E-state index is -0.958. The topological polar surface area (TPSA) is 70.4 Å². The normalized spacial score (nSPS) is 30.8. The van der Waals surface area contributed by atoms with Crippen molar-refractivity contribution in [2.75, 3.05) is 0 Å². The Morgan fingerprint density at radius 2 is 2.21 bits per heavy atom. The molecule has 2 rings (SSSR count). The summed E-state index contributed by atoms with van der Waals surface area (Å²) < 4.78 is 0. The molecule has 1 aliphatic rings. The van der Waals surface area contributed by atoms with Gasteiger partial charge in [-0.2, -0.15) is 0 Å². The van der Waals surface area contributed by atoms with Crippen LogP contribution in [0.25, 0.3) is 0 Å². The molecule has 0 aromatic carbocycles. The fraction of sp³-hybridized carbons (Fsp3) is 0.400. The van der Waals surface area contributed by atoms with E-state index in [1.54, 1.807) is 24.4 Å². The number of aliphatic carboxylic acids is 1. The van der Waals surface area contributed by atoms with Crippen molar-refractivity contribution in [2.45, 2.75) is 24.4 Å². The van der Waals surface area contributed by atoms with Crippen LogP contribution < -0.4 is 0 Å². The molecule has 4 heteroatoms. The van der Waals surface area contributed by atoms with Crippen LogP contribution in [0.1, 0.15) is 18.5 Å². The summed E-state index contributed by atoms with van der Waals surface area (Å²) in [6, 6.07) is 5.20. The Kier molecular flexibility index (Phi) is 2.00. The van der Waals surface area contributed by atoms with Crippen LogP contribution in [-0.4, -0.2) is 27.3 Å². The Morgan fingerprint density at radius 3 is 2.64 bits per heavy atom. The summed E-state index contributed by atoms with van der Waals surface area (Å²) in [4.78, 5) is 15.1. The maximum absolute atomic E-state index is 11.1. The zero-order valence-corrected chi connectivity index (χ0v) is 7.55. The molecule has 14 heavy (non-hydrogen) atoms. The molecule has 1 fully saturated rings. The summed E-state index contributed by atoms with van der Waals surface area (Å²) >= 11 is 0. The van der Waals surface area contributed by atoms with E-state index < -0.39 is 17.5 Å². The number of hydrogen-bond donors (Lipinski definition) is 2. The first kappa shape index (κ1) is 9.15. The second-order valence-corrected chi connectivity index (χ2v) is 3.66. The largest absolute Gasteiger partial charge is 0.481 e. The average molecular weight is 193 g/mol. The van der Waals surface area contributed by atoms with Gasteiger partial charge in [-0.3, -0.25) is 9.78 Å².